The Morgan fingerprint density at radius 3 is 2.25 bits per heavy atom. The smallest absolute Gasteiger partial charge is 0.340 e. The molecule has 1 heterocycles. The van der Waals surface area contributed by atoms with Crippen LogP contribution in [0.4, 0.5) is 0 Å². The van der Waals surface area contributed by atoms with Crippen LogP contribution in [0.25, 0.3) is 0 Å². The number of rotatable bonds is 6. The first kappa shape index (κ1) is 17.8. The normalized spacial score (nSPS) is 10.5. The van der Waals surface area contributed by atoms with Gasteiger partial charge in [0.15, 0.2) is 6.61 Å². The molecule has 0 atom stereocenters. The van der Waals surface area contributed by atoms with Gasteiger partial charge in [-0.25, -0.2) is 4.79 Å². The van der Waals surface area contributed by atoms with Gasteiger partial charge in [-0.3, -0.25) is 4.79 Å². The highest BCUT2D eigenvalue weighted by Gasteiger charge is 2.23. The van der Waals surface area contributed by atoms with E-state index < -0.39 is 5.97 Å². The minimum absolute atomic E-state index is 0.0913. The first-order valence-corrected chi connectivity index (χ1v) is 7.94. The lowest BCUT2D eigenvalue weighted by molar-refractivity contribution is 0.0525. The summed E-state index contributed by atoms with van der Waals surface area (Å²) in [4.78, 5) is 27.4. The molecule has 0 amide bonds. The lowest BCUT2D eigenvalue weighted by Crippen LogP contribution is -2.14. The van der Waals surface area contributed by atoms with Gasteiger partial charge in [0.05, 0.1) is 17.9 Å². The minimum atomic E-state index is -0.418. The van der Waals surface area contributed by atoms with Crippen LogP contribution in [0.1, 0.15) is 50.2 Å². The maximum atomic E-state index is 12.4. The molecule has 128 valence electrons. The van der Waals surface area contributed by atoms with Gasteiger partial charge < -0.3 is 14.5 Å². The Morgan fingerprint density at radius 2 is 1.67 bits per heavy atom. The fraction of sp³-hybridized carbons (Fsp3) is 0.368. The Kier molecular flexibility index (Phi) is 5.44. The first-order chi connectivity index (χ1) is 11.3. The van der Waals surface area contributed by atoms with Crippen LogP contribution in [0.2, 0.25) is 0 Å². The van der Waals surface area contributed by atoms with E-state index in [1.54, 1.807) is 20.8 Å². The molecule has 0 aliphatic carbocycles. The lowest BCUT2D eigenvalue weighted by Gasteiger charge is -2.08. The number of nitrogens with one attached hydrogen (secondary N) is 1. The molecule has 0 saturated carbocycles. The predicted octanol–water partition coefficient (Wildman–Crippen LogP) is 3.69. The third-order valence-corrected chi connectivity index (χ3v) is 3.76. The van der Waals surface area contributed by atoms with Gasteiger partial charge in [-0.1, -0.05) is 6.07 Å². The molecule has 0 aliphatic rings. The molecule has 0 fully saturated rings. The van der Waals surface area contributed by atoms with Crippen molar-refractivity contribution < 1.29 is 19.1 Å². The van der Waals surface area contributed by atoms with E-state index in [4.69, 9.17) is 9.47 Å². The Balaban J connectivity index is 2.15. The summed E-state index contributed by atoms with van der Waals surface area (Å²) in [5.41, 5.74) is 4.19. The molecule has 1 aromatic heterocycles. The fourth-order valence-electron chi connectivity index (χ4n) is 2.78. The van der Waals surface area contributed by atoms with E-state index in [0.29, 0.717) is 34.9 Å². The number of ketones is 1. The van der Waals surface area contributed by atoms with Crippen LogP contribution in [-0.2, 0) is 4.74 Å². The van der Waals surface area contributed by atoms with E-state index in [9.17, 15) is 9.59 Å². The molecule has 5 heteroatoms. The summed E-state index contributed by atoms with van der Waals surface area (Å²) in [7, 11) is 0. The highest BCUT2D eigenvalue weighted by Crippen LogP contribution is 2.21. The number of H-pyrrole nitrogens is 1. The van der Waals surface area contributed by atoms with Crippen molar-refractivity contribution in [3.05, 3.63) is 51.8 Å². The van der Waals surface area contributed by atoms with Gasteiger partial charge in [0.2, 0.25) is 5.78 Å². The van der Waals surface area contributed by atoms with Crippen LogP contribution in [0, 0.1) is 27.7 Å². The zero-order valence-electron chi connectivity index (χ0n) is 14.8. The zero-order chi connectivity index (χ0) is 17.9. The number of carbonyl (C=O) groups excluding carboxylic acids is 2. The van der Waals surface area contributed by atoms with Gasteiger partial charge in [0.1, 0.15) is 5.75 Å². The van der Waals surface area contributed by atoms with Crippen LogP contribution in [0.3, 0.4) is 0 Å². The van der Waals surface area contributed by atoms with Gasteiger partial charge in [-0.15, -0.1) is 0 Å². The number of aromatic amines is 1. The molecular weight excluding hydrogens is 306 g/mol. The van der Waals surface area contributed by atoms with E-state index in [0.717, 1.165) is 11.1 Å². The van der Waals surface area contributed by atoms with Gasteiger partial charge in [-0.05, 0) is 63.4 Å². The molecule has 0 unspecified atom stereocenters. The topological polar surface area (TPSA) is 68.4 Å². The van der Waals surface area contributed by atoms with E-state index in [1.165, 1.54) is 0 Å². The van der Waals surface area contributed by atoms with E-state index >= 15 is 0 Å². The summed E-state index contributed by atoms with van der Waals surface area (Å²) < 4.78 is 10.6. The van der Waals surface area contributed by atoms with Crippen molar-refractivity contribution in [2.75, 3.05) is 13.2 Å². The van der Waals surface area contributed by atoms with E-state index in [2.05, 4.69) is 4.98 Å². The number of ether oxygens (including phenoxy) is 2. The molecule has 0 bridgehead atoms. The summed E-state index contributed by atoms with van der Waals surface area (Å²) in [5, 5.41) is 0. The molecule has 0 radical (unpaired) electrons. The van der Waals surface area contributed by atoms with Gasteiger partial charge in [0.25, 0.3) is 0 Å². The second-order valence-corrected chi connectivity index (χ2v) is 5.88. The summed E-state index contributed by atoms with van der Waals surface area (Å²) in [6, 6.07) is 5.81. The average molecular weight is 329 g/mol. The summed E-state index contributed by atoms with van der Waals surface area (Å²) in [5.74, 6) is 0.0377. The Hall–Kier alpha value is -2.56. The van der Waals surface area contributed by atoms with Gasteiger partial charge in [0, 0.05) is 5.69 Å². The molecule has 5 nitrogen and oxygen atoms in total. The summed E-state index contributed by atoms with van der Waals surface area (Å²) in [6.07, 6.45) is 0. The molecule has 2 aromatic rings. The van der Waals surface area contributed by atoms with Crippen molar-refractivity contribution in [3.8, 4) is 5.75 Å². The van der Waals surface area contributed by atoms with Crippen molar-refractivity contribution in [2.45, 2.75) is 34.6 Å². The number of hydrogen-bond donors (Lipinski definition) is 1. The summed E-state index contributed by atoms with van der Waals surface area (Å²) in [6.45, 7) is 9.39. The predicted molar refractivity (Wildman–Crippen MR) is 92.0 cm³/mol. The third kappa shape index (κ3) is 3.85. The highest BCUT2D eigenvalue weighted by atomic mass is 16.5. The number of hydrogen-bond acceptors (Lipinski definition) is 4. The number of aryl methyl sites for hydroxylation is 3. The monoisotopic (exact) mass is 329 g/mol. The number of aromatic nitrogens is 1. The lowest BCUT2D eigenvalue weighted by atomic mass is 10.1. The van der Waals surface area contributed by atoms with Crippen molar-refractivity contribution in [2.24, 2.45) is 0 Å². The molecule has 24 heavy (non-hydrogen) atoms. The standard InChI is InChI=1S/C19H23NO4/c1-6-23-19(22)17-13(4)18(20-14(17)5)16(21)10-24-15-8-11(2)7-12(3)9-15/h7-9,20H,6,10H2,1-5H3. The van der Waals surface area contributed by atoms with Gasteiger partial charge in [-0.2, -0.15) is 0 Å². The molecule has 0 saturated heterocycles. The molecule has 2 rings (SSSR count). The molecule has 0 spiro atoms. The molecule has 0 aliphatic heterocycles. The van der Waals surface area contributed by atoms with Crippen LogP contribution >= 0.6 is 0 Å². The molecule has 1 N–H and O–H groups in total. The molecule has 1 aromatic carbocycles. The van der Waals surface area contributed by atoms with E-state index in [1.807, 2.05) is 32.0 Å². The first-order valence-electron chi connectivity index (χ1n) is 7.94. The Bertz CT molecular complexity index is 754. The molecular formula is C19H23NO4. The van der Waals surface area contributed by atoms with Crippen molar-refractivity contribution in [1.29, 1.82) is 0 Å². The van der Waals surface area contributed by atoms with Crippen molar-refractivity contribution >= 4 is 11.8 Å². The third-order valence-electron chi connectivity index (χ3n) is 3.76. The highest BCUT2D eigenvalue weighted by molar-refractivity contribution is 6.02. The summed E-state index contributed by atoms with van der Waals surface area (Å²) >= 11 is 0. The number of carbonyl (C=O) groups is 2. The second kappa shape index (κ2) is 7.34. The number of benzene rings is 1. The Morgan fingerprint density at radius 1 is 1.04 bits per heavy atom. The maximum absolute atomic E-state index is 12.4. The number of Topliss-reactive ketones (excluding diaryl/α,β-unsaturated/α-hetero) is 1. The zero-order valence-corrected chi connectivity index (χ0v) is 14.8. The van der Waals surface area contributed by atoms with Gasteiger partial charge >= 0.3 is 5.97 Å². The second-order valence-electron chi connectivity index (χ2n) is 5.88. The van der Waals surface area contributed by atoms with Crippen molar-refractivity contribution in [1.82, 2.24) is 4.98 Å². The van der Waals surface area contributed by atoms with Crippen LogP contribution in [0.5, 0.6) is 5.75 Å². The minimum Gasteiger partial charge on any atom is -0.485 e. The van der Waals surface area contributed by atoms with Crippen molar-refractivity contribution in [3.63, 3.8) is 0 Å². The average Bonchev–Trinajstić information content (AvgIpc) is 2.79. The fourth-order valence-corrected chi connectivity index (χ4v) is 2.78. The van der Waals surface area contributed by atoms with Crippen LogP contribution < -0.4 is 4.74 Å². The van der Waals surface area contributed by atoms with E-state index in [-0.39, 0.29) is 12.4 Å². The quantitative estimate of drug-likeness (QED) is 0.648. The largest absolute Gasteiger partial charge is 0.485 e. The SMILES string of the molecule is CCOC(=O)c1c(C)[nH]c(C(=O)COc2cc(C)cc(C)c2)c1C. The Labute approximate surface area is 142 Å². The van der Waals surface area contributed by atoms with Crippen LogP contribution in [-0.4, -0.2) is 30.0 Å². The number of esters is 1. The van der Waals surface area contributed by atoms with Crippen LogP contribution in [0.15, 0.2) is 18.2 Å². The maximum Gasteiger partial charge on any atom is 0.340 e.